The molecule has 0 amide bonds. The summed E-state index contributed by atoms with van der Waals surface area (Å²) in [7, 11) is 1.06. The summed E-state index contributed by atoms with van der Waals surface area (Å²) in [6, 6.07) is 9.25. The monoisotopic (exact) mass is 374 g/mol. The van der Waals surface area contributed by atoms with Crippen molar-refractivity contribution in [1.29, 1.82) is 0 Å². The van der Waals surface area contributed by atoms with Crippen LogP contribution in [0.15, 0.2) is 65.2 Å². The van der Waals surface area contributed by atoms with Gasteiger partial charge in [-0.15, -0.1) is 0 Å². The second kappa shape index (κ2) is 9.63. The fourth-order valence-corrected chi connectivity index (χ4v) is 4.46. The van der Waals surface area contributed by atoms with Crippen molar-refractivity contribution in [2.75, 3.05) is 0 Å². The Kier molecular flexibility index (Phi) is 7.75. The van der Waals surface area contributed by atoms with Crippen molar-refractivity contribution >= 4 is 12.9 Å². The van der Waals surface area contributed by atoms with E-state index in [9.17, 15) is 0 Å². The fraction of sp³-hybridized carbons (Fsp3) is 0.481. The Morgan fingerprint density at radius 2 is 1.79 bits per heavy atom. The SMILES string of the molecule is C=C(/C(=C(/BC)C(C)(C)C)c1ccc(CCC)cc1)C1C=C(CC)C(C)=CC1. The Morgan fingerprint density at radius 1 is 1.14 bits per heavy atom. The first-order valence-corrected chi connectivity index (χ1v) is 11.1. The van der Waals surface area contributed by atoms with E-state index in [1.807, 2.05) is 0 Å². The normalized spacial score (nSPS) is 18.2. The van der Waals surface area contributed by atoms with E-state index in [1.54, 1.807) is 0 Å². The van der Waals surface area contributed by atoms with E-state index in [0.29, 0.717) is 5.92 Å². The van der Waals surface area contributed by atoms with Gasteiger partial charge in [-0.2, -0.15) is 0 Å². The van der Waals surface area contributed by atoms with Gasteiger partial charge in [0.15, 0.2) is 7.28 Å². The number of hydrogen-bond acceptors (Lipinski definition) is 0. The second-order valence-corrected chi connectivity index (χ2v) is 9.20. The Hall–Kier alpha value is -1.76. The van der Waals surface area contributed by atoms with Crippen LogP contribution in [0.4, 0.5) is 0 Å². The molecular weight excluding hydrogens is 335 g/mol. The molecule has 1 aliphatic rings. The van der Waals surface area contributed by atoms with Crippen molar-refractivity contribution in [1.82, 2.24) is 0 Å². The average Bonchev–Trinajstić information content (AvgIpc) is 2.66. The molecule has 1 heteroatoms. The Labute approximate surface area is 174 Å². The van der Waals surface area contributed by atoms with E-state index < -0.39 is 0 Å². The highest BCUT2D eigenvalue weighted by atomic mass is 14.3. The maximum absolute atomic E-state index is 4.66. The maximum Gasteiger partial charge on any atom is 0.150 e. The lowest BCUT2D eigenvalue weighted by Crippen LogP contribution is -2.18. The highest BCUT2D eigenvalue weighted by molar-refractivity contribution is 6.46. The van der Waals surface area contributed by atoms with E-state index >= 15 is 0 Å². The quantitative estimate of drug-likeness (QED) is 0.338. The summed E-state index contributed by atoms with van der Waals surface area (Å²) in [6.07, 6.45) is 9.37. The number of aryl methyl sites for hydroxylation is 1. The highest BCUT2D eigenvalue weighted by Gasteiger charge is 2.26. The summed E-state index contributed by atoms with van der Waals surface area (Å²) < 4.78 is 0. The third-order valence-corrected chi connectivity index (χ3v) is 6.08. The first kappa shape index (κ1) is 22.5. The Balaban J connectivity index is 2.55. The van der Waals surface area contributed by atoms with Crippen LogP contribution in [0.1, 0.15) is 71.9 Å². The minimum absolute atomic E-state index is 0.132. The molecular formula is C27H39B. The summed E-state index contributed by atoms with van der Waals surface area (Å²) in [5.41, 5.74) is 9.98. The molecule has 0 N–H and O–H groups in total. The molecule has 1 atom stereocenters. The predicted octanol–water partition coefficient (Wildman–Crippen LogP) is 7.74. The zero-order valence-electron chi connectivity index (χ0n) is 19.3. The van der Waals surface area contributed by atoms with Crippen molar-refractivity contribution in [3.05, 3.63) is 76.3 Å². The van der Waals surface area contributed by atoms with Crippen LogP contribution in [0.5, 0.6) is 0 Å². The van der Waals surface area contributed by atoms with Crippen LogP contribution in [0.25, 0.3) is 5.57 Å². The molecule has 0 aromatic heterocycles. The van der Waals surface area contributed by atoms with E-state index in [2.05, 4.69) is 91.4 Å². The summed E-state index contributed by atoms with van der Waals surface area (Å²) in [5, 5.41) is 0. The van der Waals surface area contributed by atoms with Crippen LogP contribution in [0.2, 0.25) is 6.82 Å². The van der Waals surface area contributed by atoms with E-state index in [-0.39, 0.29) is 5.41 Å². The van der Waals surface area contributed by atoms with E-state index in [0.717, 1.165) is 26.5 Å². The Bertz CT molecular complexity index is 779. The van der Waals surface area contributed by atoms with Crippen molar-refractivity contribution in [2.24, 2.45) is 11.3 Å². The van der Waals surface area contributed by atoms with Crippen LogP contribution in [-0.4, -0.2) is 7.28 Å². The van der Waals surface area contributed by atoms with Crippen LogP contribution in [-0.2, 0) is 6.42 Å². The summed E-state index contributed by atoms with van der Waals surface area (Å²) >= 11 is 0. The minimum Gasteiger partial charge on any atom is -0.0946 e. The van der Waals surface area contributed by atoms with Gasteiger partial charge in [-0.25, -0.2) is 0 Å². The lowest BCUT2D eigenvalue weighted by Gasteiger charge is -2.31. The lowest BCUT2D eigenvalue weighted by atomic mass is 9.57. The van der Waals surface area contributed by atoms with E-state index in [1.165, 1.54) is 45.3 Å². The van der Waals surface area contributed by atoms with Crippen molar-refractivity contribution in [2.45, 2.75) is 74.0 Å². The zero-order chi connectivity index (χ0) is 20.9. The molecule has 0 heterocycles. The Morgan fingerprint density at radius 3 is 2.29 bits per heavy atom. The molecule has 0 saturated heterocycles. The second-order valence-electron chi connectivity index (χ2n) is 9.20. The van der Waals surface area contributed by atoms with Crippen LogP contribution in [0.3, 0.4) is 0 Å². The molecule has 0 aliphatic heterocycles. The molecule has 2 rings (SSSR count). The van der Waals surface area contributed by atoms with Gasteiger partial charge in [0.25, 0.3) is 0 Å². The smallest absolute Gasteiger partial charge is 0.0946 e. The molecule has 150 valence electrons. The lowest BCUT2D eigenvalue weighted by molar-refractivity contribution is 0.530. The number of hydrogen-bond donors (Lipinski definition) is 0. The van der Waals surface area contributed by atoms with Gasteiger partial charge in [0.05, 0.1) is 0 Å². The summed E-state index contributed by atoms with van der Waals surface area (Å²) in [4.78, 5) is 0. The predicted molar refractivity (Wildman–Crippen MR) is 129 cm³/mol. The highest BCUT2D eigenvalue weighted by Crippen LogP contribution is 2.41. The molecule has 1 aromatic rings. The van der Waals surface area contributed by atoms with Gasteiger partial charge in [0.1, 0.15) is 0 Å². The minimum atomic E-state index is 0.132. The molecule has 1 unspecified atom stereocenters. The van der Waals surface area contributed by atoms with Gasteiger partial charge in [0, 0.05) is 5.92 Å². The molecule has 1 aliphatic carbocycles. The maximum atomic E-state index is 4.66. The number of rotatable bonds is 7. The van der Waals surface area contributed by atoms with Gasteiger partial charge in [-0.05, 0) is 59.4 Å². The first-order valence-electron chi connectivity index (χ1n) is 11.1. The molecule has 1 aromatic carbocycles. The molecule has 0 bridgehead atoms. The van der Waals surface area contributed by atoms with Gasteiger partial charge < -0.3 is 0 Å². The molecule has 0 radical (unpaired) electrons. The third kappa shape index (κ3) is 5.19. The van der Waals surface area contributed by atoms with E-state index in [4.69, 9.17) is 0 Å². The first-order chi connectivity index (χ1) is 13.2. The van der Waals surface area contributed by atoms with Crippen LogP contribution in [0, 0.1) is 11.3 Å². The molecule has 0 saturated carbocycles. The topological polar surface area (TPSA) is 0 Å². The van der Waals surface area contributed by atoms with Crippen LogP contribution >= 0.6 is 0 Å². The van der Waals surface area contributed by atoms with Crippen LogP contribution < -0.4 is 0 Å². The molecule has 28 heavy (non-hydrogen) atoms. The number of benzene rings is 1. The summed E-state index contributed by atoms with van der Waals surface area (Å²) in [6.45, 7) is 20.7. The molecule has 0 nitrogen and oxygen atoms in total. The standard InChI is InChI=1S/C27H39B/c1-9-11-21-13-16-23(17-14-21)25(26(28-8)27(5,6)7)20(4)24-15-12-19(3)22(10-2)18-24/h12-14,16-18,24,28H,4,9-11,15H2,1-3,5-8H3/b26-25-. The fourth-order valence-electron chi connectivity index (χ4n) is 4.46. The number of allylic oxidation sites excluding steroid dienone is 7. The van der Waals surface area contributed by atoms with Crippen molar-refractivity contribution < 1.29 is 0 Å². The largest absolute Gasteiger partial charge is 0.150 e. The van der Waals surface area contributed by atoms with Gasteiger partial charge in [0.2, 0.25) is 0 Å². The van der Waals surface area contributed by atoms with Crippen molar-refractivity contribution in [3.8, 4) is 0 Å². The molecule has 0 spiro atoms. The van der Waals surface area contributed by atoms with Gasteiger partial charge in [-0.3, -0.25) is 0 Å². The molecule has 0 fully saturated rings. The zero-order valence-corrected chi connectivity index (χ0v) is 19.3. The van der Waals surface area contributed by atoms with Gasteiger partial charge >= 0.3 is 0 Å². The summed E-state index contributed by atoms with van der Waals surface area (Å²) in [5.74, 6) is 0.396. The van der Waals surface area contributed by atoms with Crippen molar-refractivity contribution in [3.63, 3.8) is 0 Å². The third-order valence-electron chi connectivity index (χ3n) is 6.08. The van der Waals surface area contributed by atoms with Gasteiger partial charge in [-0.1, -0.05) is 102 Å². The average molecular weight is 374 g/mol.